The lowest BCUT2D eigenvalue weighted by molar-refractivity contribution is -0.118. The van der Waals surface area contributed by atoms with Crippen molar-refractivity contribution < 1.29 is 9.13 Å². The Balaban J connectivity index is 1.29. The molecule has 0 amide bonds. The molecule has 2 nitrogen and oxygen atoms in total. The highest BCUT2D eigenvalue weighted by Gasteiger charge is 2.59. The zero-order chi connectivity index (χ0) is 23.6. The number of hydrogen-bond acceptors (Lipinski definition) is 2. The SMILES string of the molecule is CC12CC3CC(C)(C1)CC(NCc1c(OCc4ccc(F)cc4Cl)ccc4ccccc14)(C3)C2. The van der Waals surface area contributed by atoms with Crippen LogP contribution < -0.4 is 10.1 Å². The molecule has 4 heteroatoms. The fourth-order valence-corrected chi connectivity index (χ4v) is 8.57. The molecule has 3 aromatic rings. The highest BCUT2D eigenvalue weighted by Crippen LogP contribution is 2.66. The molecule has 178 valence electrons. The van der Waals surface area contributed by atoms with E-state index < -0.39 is 0 Å². The number of benzene rings is 3. The van der Waals surface area contributed by atoms with Crippen LogP contribution in [0.2, 0.25) is 5.02 Å². The van der Waals surface area contributed by atoms with Crippen molar-refractivity contribution in [1.82, 2.24) is 5.32 Å². The molecule has 0 saturated heterocycles. The Hall–Kier alpha value is -2.10. The fraction of sp³-hybridized carbons (Fsp3) is 0.467. The average Bonchev–Trinajstić information content (AvgIpc) is 2.75. The maximum atomic E-state index is 13.5. The number of halogens is 2. The van der Waals surface area contributed by atoms with E-state index in [0.29, 0.717) is 22.5 Å². The van der Waals surface area contributed by atoms with E-state index in [9.17, 15) is 4.39 Å². The van der Waals surface area contributed by atoms with Gasteiger partial charge in [-0.15, -0.1) is 0 Å². The van der Waals surface area contributed by atoms with Crippen LogP contribution in [0.5, 0.6) is 5.75 Å². The van der Waals surface area contributed by atoms with Crippen LogP contribution in [-0.2, 0) is 13.2 Å². The lowest BCUT2D eigenvalue weighted by atomic mass is 9.43. The van der Waals surface area contributed by atoms with Crippen molar-refractivity contribution in [2.45, 2.75) is 71.1 Å². The van der Waals surface area contributed by atoms with E-state index in [1.807, 2.05) is 0 Å². The highest BCUT2D eigenvalue weighted by atomic mass is 35.5. The summed E-state index contributed by atoms with van der Waals surface area (Å²) in [7, 11) is 0. The predicted octanol–water partition coefficient (Wildman–Crippen LogP) is 8.05. The standard InChI is InChI=1S/C30H33ClFNO/c1-28-12-20-13-29(2,17-28)19-30(14-20,18-28)33-15-25-24-6-4-3-5-21(24)8-10-27(25)34-16-22-7-9-23(32)11-26(22)31/h3-11,20,33H,12-19H2,1-2H3. The third kappa shape index (κ3) is 4.01. The molecule has 2 unspecified atom stereocenters. The van der Waals surface area contributed by atoms with Gasteiger partial charge in [0.1, 0.15) is 18.2 Å². The Morgan fingerprint density at radius 1 is 0.971 bits per heavy atom. The smallest absolute Gasteiger partial charge is 0.124 e. The lowest BCUT2D eigenvalue weighted by Crippen LogP contribution is -2.63. The summed E-state index contributed by atoms with van der Waals surface area (Å²) >= 11 is 6.26. The Bertz CT molecular complexity index is 1240. The summed E-state index contributed by atoms with van der Waals surface area (Å²) in [5, 5.41) is 6.93. The van der Waals surface area contributed by atoms with E-state index in [4.69, 9.17) is 16.3 Å². The molecule has 1 N–H and O–H groups in total. The van der Waals surface area contributed by atoms with Gasteiger partial charge < -0.3 is 10.1 Å². The Morgan fingerprint density at radius 3 is 2.47 bits per heavy atom. The molecule has 2 atom stereocenters. The topological polar surface area (TPSA) is 21.3 Å². The maximum Gasteiger partial charge on any atom is 0.124 e. The van der Waals surface area contributed by atoms with Gasteiger partial charge in [-0.25, -0.2) is 4.39 Å². The minimum absolute atomic E-state index is 0.220. The van der Waals surface area contributed by atoms with Crippen molar-refractivity contribution in [3.63, 3.8) is 0 Å². The van der Waals surface area contributed by atoms with Crippen LogP contribution in [0, 0.1) is 22.6 Å². The molecule has 4 aliphatic rings. The fourth-order valence-electron chi connectivity index (χ4n) is 8.35. The maximum absolute atomic E-state index is 13.5. The van der Waals surface area contributed by atoms with Gasteiger partial charge in [0, 0.05) is 23.2 Å². The van der Waals surface area contributed by atoms with Crippen LogP contribution in [0.25, 0.3) is 10.8 Å². The van der Waals surface area contributed by atoms with E-state index >= 15 is 0 Å². The van der Waals surface area contributed by atoms with Crippen LogP contribution in [0.1, 0.15) is 63.5 Å². The van der Waals surface area contributed by atoms with Gasteiger partial charge in [0.2, 0.25) is 0 Å². The molecule has 0 aromatic heterocycles. The van der Waals surface area contributed by atoms with Crippen LogP contribution >= 0.6 is 11.6 Å². The van der Waals surface area contributed by atoms with Gasteiger partial charge in [0.25, 0.3) is 0 Å². The van der Waals surface area contributed by atoms with Gasteiger partial charge in [-0.2, -0.15) is 0 Å². The van der Waals surface area contributed by atoms with Crippen molar-refractivity contribution >= 4 is 22.4 Å². The molecule has 34 heavy (non-hydrogen) atoms. The van der Waals surface area contributed by atoms with Crippen molar-refractivity contribution in [3.05, 3.63) is 76.6 Å². The minimum Gasteiger partial charge on any atom is -0.488 e. The van der Waals surface area contributed by atoms with Gasteiger partial charge in [-0.05, 0) is 84.2 Å². The average molecular weight is 478 g/mol. The Labute approximate surface area is 206 Å². The third-order valence-corrected chi connectivity index (χ3v) is 9.01. The Morgan fingerprint density at radius 2 is 1.74 bits per heavy atom. The van der Waals surface area contributed by atoms with E-state index in [0.717, 1.165) is 23.8 Å². The van der Waals surface area contributed by atoms with Crippen molar-refractivity contribution in [3.8, 4) is 5.75 Å². The second-order valence-corrected chi connectivity index (χ2v) is 12.5. The first-order chi connectivity index (χ1) is 16.2. The van der Waals surface area contributed by atoms with Gasteiger partial charge >= 0.3 is 0 Å². The summed E-state index contributed by atoms with van der Waals surface area (Å²) in [5.74, 6) is 1.39. The summed E-state index contributed by atoms with van der Waals surface area (Å²) < 4.78 is 19.8. The Kier molecular flexibility index (Phi) is 5.24. The van der Waals surface area contributed by atoms with Crippen LogP contribution in [0.4, 0.5) is 4.39 Å². The molecule has 0 aliphatic heterocycles. The number of fused-ring (bicyclic) bond motifs is 1. The molecule has 0 radical (unpaired) electrons. The van der Waals surface area contributed by atoms with Crippen LogP contribution in [0.3, 0.4) is 0 Å². The summed E-state index contributed by atoms with van der Waals surface area (Å²) in [6.45, 7) is 6.14. The van der Waals surface area contributed by atoms with E-state index in [2.05, 4.69) is 55.6 Å². The van der Waals surface area contributed by atoms with Crippen LogP contribution in [-0.4, -0.2) is 5.54 Å². The summed E-state index contributed by atoms with van der Waals surface area (Å²) in [6.07, 6.45) is 8.02. The second-order valence-electron chi connectivity index (χ2n) is 12.1. The zero-order valence-electron chi connectivity index (χ0n) is 20.1. The molecule has 4 fully saturated rings. The van der Waals surface area contributed by atoms with Gasteiger partial charge in [0.15, 0.2) is 0 Å². The monoisotopic (exact) mass is 477 g/mol. The number of hydrogen-bond donors (Lipinski definition) is 1. The molecule has 7 rings (SSSR count). The predicted molar refractivity (Wildman–Crippen MR) is 137 cm³/mol. The summed E-state index contributed by atoms with van der Waals surface area (Å²) in [4.78, 5) is 0. The zero-order valence-corrected chi connectivity index (χ0v) is 20.9. The molecule has 4 saturated carbocycles. The van der Waals surface area contributed by atoms with Gasteiger partial charge in [0.05, 0.1) is 5.02 Å². The second kappa shape index (κ2) is 7.96. The summed E-state index contributed by atoms with van der Waals surface area (Å²) in [6, 6.07) is 17.2. The van der Waals surface area contributed by atoms with Crippen molar-refractivity contribution in [2.24, 2.45) is 16.7 Å². The lowest BCUT2D eigenvalue weighted by Gasteiger charge is -2.65. The molecular weight excluding hydrogens is 445 g/mol. The first kappa shape index (κ1) is 22.4. The molecule has 0 heterocycles. The van der Waals surface area contributed by atoms with E-state index in [-0.39, 0.29) is 11.4 Å². The molecule has 0 spiro atoms. The van der Waals surface area contributed by atoms with Crippen molar-refractivity contribution in [2.75, 3.05) is 0 Å². The molecule has 3 aromatic carbocycles. The first-order valence-corrected chi connectivity index (χ1v) is 12.9. The quantitative estimate of drug-likeness (QED) is 0.387. The van der Waals surface area contributed by atoms with Crippen molar-refractivity contribution in [1.29, 1.82) is 0 Å². The number of nitrogens with one attached hydrogen (secondary N) is 1. The van der Waals surface area contributed by atoms with Gasteiger partial charge in [-0.3, -0.25) is 0 Å². The largest absolute Gasteiger partial charge is 0.488 e. The minimum atomic E-state index is -0.331. The normalized spacial score (nSPS) is 31.8. The van der Waals surface area contributed by atoms with Gasteiger partial charge in [-0.1, -0.05) is 61.8 Å². The highest BCUT2D eigenvalue weighted by molar-refractivity contribution is 6.31. The third-order valence-electron chi connectivity index (χ3n) is 8.66. The summed E-state index contributed by atoms with van der Waals surface area (Å²) in [5.41, 5.74) is 3.15. The van der Waals surface area contributed by atoms with Crippen LogP contribution in [0.15, 0.2) is 54.6 Å². The molecule has 4 aliphatic carbocycles. The molecular formula is C30H33ClFNO. The number of rotatable bonds is 6. The van der Waals surface area contributed by atoms with E-state index in [1.165, 1.54) is 67.0 Å². The first-order valence-electron chi connectivity index (χ1n) is 12.6. The molecule has 4 bridgehead atoms. The van der Waals surface area contributed by atoms with E-state index in [1.54, 1.807) is 6.07 Å². The number of ether oxygens (including phenoxy) is 1.